The van der Waals surface area contributed by atoms with Crippen LogP contribution in [0.1, 0.15) is 44.7 Å². The SMILES string of the molecule is CC(C)(C)c1ccccc1OCC(=O)Nc1cccc(CN2CCCC2C(N)=O)c1. The molecule has 0 aromatic heterocycles. The van der Waals surface area contributed by atoms with Crippen LogP contribution in [0.4, 0.5) is 5.69 Å². The summed E-state index contributed by atoms with van der Waals surface area (Å²) in [5.41, 5.74) is 8.24. The molecule has 1 aliphatic heterocycles. The van der Waals surface area contributed by atoms with Crippen LogP contribution in [0.25, 0.3) is 0 Å². The van der Waals surface area contributed by atoms with Crippen LogP contribution in [-0.4, -0.2) is 35.9 Å². The van der Waals surface area contributed by atoms with Gasteiger partial charge in [-0.25, -0.2) is 0 Å². The molecule has 1 unspecified atom stereocenters. The molecular weight excluding hydrogens is 378 g/mol. The van der Waals surface area contributed by atoms with Gasteiger partial charge < -0.3 is 15.8 Å². The van der Waals surface area contributed by atoms with Crippen LogP contribution < -0.4 is 15.8 Å². The van der Waals surface area contributed by atoms with Crippen LogP contribution in [-0.2, 0) is 21.5 Å². The fraction of sp³-hybridized carbons (Fsp3) is 0.417. The first-order valence-electron chi connectivity index (χ1n) is 10.4. The topological polar surface area (TPSA) is 84.7 Å². The standard InChI is InChI=1S/C24H31N3O3/c1-24(2,3)19-10-4-5-12-21(19)30-16-22(28)26-18-9-6-8-17(14-18)15-27-13-7-11-20(27)23(25)29/h4-6,8-10,12,14,20H,7,11,13,15-16H2,1-3H3,(H2,25,29)(H,26,28). The van der Waals surface area contributed by atoms with E-state index >= 15 is 0 Å². The summed E-state index contributed by atoms with van der Waals surface area (Å²) in [7, 11) is 0. The second-order valence-electron chi connectivity index (χ2n) is 8.81. The molecule has 0 radical (unpaired) electrons. The van der Waals surface area contributed by atoms with Crippen molar-refractivity contribution in [2.75, 3.05) is 18.5 Å². The Morgan fingerprint density at radius 2 is 1.93 bits per heavy atom. The minimum absolute atomic E-state index is 0.0623. The number of nitrogens with one attached hydrogen (secondary N) is 1. The first-order chi connectivity index (χ1) is 14.2. The number of likely N-dealkylation sites (tertiary alicyclic amines) is 1. The number of para-hydroxylation sites is 1. The van der Waals surface area contributed by atoms with Gasteiger partial charge in [0.15, 0.2) is 6.61 Å². The van der Waals surface area contributed by atoms with Gasteiger partial charge in [0, 0.05) is 12.2 Å². The molecule has 3 rings (SSSR count). The number of amides is 2. The molecule has 0 spiro atoms. The monoisotopic (exact) mass is 409 g/mol. The molecule has 0 aliphatic carbocycles. The first-order valence-corrected chi connectivity index (χ1v) is 10.4. The molecule has 6 nitrogen and oxygen atoms in total. The summed E-state index contributed by atoms with van der Waals surface area (Å²) in [5, 5.41) is 2.90. The van der Waals surface area contributed by atoms with E-state index in [1.54, 1.807) is 0 Å². The van der Waals surface area contributed by atoms with E-state index in [2.05, 4.69) is 31.0 Å². The first kappa shape index (κ1) is 21.8. The number of carbonyl (C=O) groups is 2. The van der Waals surface area contributed by atoms with Gasteiger partial charge in [0.1, 0.15) is 5.75 Å². The highest BCUT2D eigenvalue weighted by molar-refractivity contribution is 5.92. The van der Waals surface area contributed by atoms with Gasteiger partial charge in [0.05, 0.1) is 6.04 Å². The summed E-state index contributed by atoms with van der Waals surface area (Å²) in [6.45, 7) is 7.77. The van der Waals surface area contributed by atoms with Crippen molar-refractivity contribution in [2.45, 2.75) is 51.6 Å². The fourth-order valence-corrected chi connectivity index (χ4v) is 3.87. The zero-order valence-electron chi connectivity index (χ0n) is 18.0. The number of hydrogen-bond donors (Lipinski definition) is 2. The Morgan fingerprint density at radius 1 is 1.17 bits per heavy atom. The van der Waals surface area contributed by atoms with Crippen molar-refractivity contribution in [3.05, 3.63) is 59.7 Å². The zero-order chi connectivity index (χ0) is 21.7. The Hall–Kier alpha value is -2.86. The summed E-state index contributed by atoms with van der Waals surface area (Å²) in [6.07, 6.45) is 1.77. The number of anilines is 1. The van der Waals surface area contributed by atoms with Gasteiger partial charge >= 0.3 is 0 Å². The highest BCUT2D eigenvalue weighted by Crippen LogP contribution is 2.31. The van der Waals surface area contributed by atoms with E-state index in [0.29, 0.717) is 12.2 Å². The molecule has 0 saturated carbocycles. The lowest BCUT2D eigenvalue weighted by atomic mass is 9.86. The molecule has 2 aromatic rings. The van der Waals surface area contributed by atoms with Crippen LogP contribution in [0.5, 0.6) is 5.75 Å². The van der Waals surface area contributed by atoms with Crippen LogP contribution >= 0.6 is 0 Å². The predicted molar refractivity (Wildman–Crippen MR) is 118 cm³/mol. The molecule has 2 aromatic carbocycles. The molecule has 6 heteroatoms. The molecule has 3 N–H and O–H groups in total. The van der Waals surface area contributed by atoms with Crippen molar-refractivity contribution in [3.63, 3.8) is 0 Å². The molecule has 160 valence electrons. The van der Waals surface area contributed by atoms with Gasteiger partial charge in [0.25, 0.3) is 5.91 Å². The summed E-state index contributed by atoms with van der Waals surface area (Å²) in [5.74, 6) is 0.233. The van der Waals surface area contributed by atoms with E-state index in [1.807, 2.05) is 48.5 Å². The Labute approximate surface area is 178 Å². The lowest BCUT2D eigenvalue weighted by Crippen LogP contribution is -2.39. The van der Waals surface area contributed by atoms with E-state index < -0.39 is 0 Å². The molecule has 1 fully saturated rings. The number of carbonyl (C=O) groups excluding carboxylic acids is 2. The van der Waals surface area contributed by atoms with Crippen LogP contribution in [0.3, 0.4) is 0 Å². The van der Waals surface area contributed by atoms with Crippen molar-refractivity contribution in [1.82, 2.24) is 4.90 Å². The molecule has 0 bridgehead atoms. The Kier molecular flexibility index (Phi) is 6.77. The van der Waals surface area contributed by atoms with Crippen LogP contribution in [0.2, 0.25) is 0 Å². The lowest BCUT2D eigenvalue weighted by Gasteiger charge is -2.22. The summed E-state index contributed by atoms with van der Waals surface area (Å²) in [4.78, 5) is 26.1. The average molecular weight is 410 g/mol. The third-order valence-electron chi connectivity index (χ3n) is 5.34. The van der Waals surface area contributed by atoms with Gasteiger partial charge in [0.2, 0.25) is 5.91 Å². The summed E-state index contributed by atoms with van der Waals surface area (Å²) < 4.78 is 5.80. The van der Waals surface area contributed by atoms with Crippen LogP contribution in [0, 0.1) is 0 Å². The molecule has 1 saturated heterocycles. The van der Waals surface area contributed by atoms with Crippen molar-refractivity contribution in [1.29, 1.82) is 0 Å². The quantitative estimate of drug-likeness (QED) is 0.734. The molecule has 1 atom stereocenters. The smallest absolute Gasteiger partial charge is 0.262 e. The average Bonchev–Trinajstić information content (AvgIpc) is 3.14. The molecule has 1 aliphatic rings. The van der Waals surface area contributed by atoms with Crippen molar-refractivity contribution in [3.8, 4) is 5.75 Å². The van der Waals surface area contributed by atoms with E-state index in [0.717, 1.165) is 36.3 Å². The number of ether oxygens (including phenoxy) is 1. The van der Waals surface area contributed by atoms with Crippen molar-refractivity contribution < 1.29 is 14.3 Å². The highest BCUT2D eigenvalue weighted by atomic mass is 16.5. The van der Waals surface area contributed by atoms with E-state index in [-0.39, 0.29) is 29.9 Å². The summed E-state index contributed by atoms with van der Waals surface area (Å²) >= 11 is 0. The predicted octanol–water partition coefficient (Wildman–Crippen LogP) is 3.45. The second-order valence-corrected chi connectivity index (χ2v) is 8.81. The van der Waals surface area contributed by atoms with Gasteiger partial charge in [-0.15, -0.1) is 0 Å². The van der Waals surface area contributed by atoms with Crippen molar-refractivity contribution in [2.24, 2.45) is 5.73 Å². The van der Waals surface area contributed by atoms with Gasteiger partial charge in [-0.1, -0.05) is 51.1 Å². The van der Waals surface area contributed by atoms with E-state index in [9.17, 15) is 9.59 Å². The van der Waals surface area contributed by atoms with Crippen molar-refractivity contribution >= 4 is 17.5 Å². The Balaban J connectivity index is 1.59. The second kappa shape index (κ2) is 9.30. The largest absolute Gasteiger partial charge is 0.483 e. The maximum atomic E-state index is 12.4. The fourth-order valence-electron chi connectivity index (χ4n) is 3.87. The Bertz CT molecular complexity index is 905. The number of nitrogens with zero attached hydrogens (tertiary/aromatic N) is 1. The zero-order valence-corrected chi connectivity index (χ0v) is 18.0. The number of primary amides is 1. The molecule has 30 heavy (non-hydrogen) atoms. The maximum absolute atomic E-state index is 12.4. The van der Waals surface area contributed by atoms with Gasteiger partial charge in [-0.05, 0) is 54.1 Å². The third-order valence-corrected chi connectivity index (χ3v) is 5.34. The van der Waals surface area contributed by atoms with Gasteiger partial charge in [-0.3, -0.25) is 14.5 Å². The van der Waals surface area contributed by atoms with E-state index in [1.165, 1.54) is 0 Å². The maximum Gasteiger partial charge on any atom is 0.262 e. The molecule has 2 amide bonds. The number of rotatable bonds is 7. The van der Waals surface area contributed by atoms with Crippen LogP contribution in [0.15, 0.2) is 48.5 Å². The normalized spacial score (nSPS) is 17.0. The molecule has 1 heterocycles. The number of hydrogen-bond acceptors (Lipinski definition) is 4. The summed E-state index contributed by atoms with van der Waals surface area (Å²) in [6, 6.07) is 15.2. The Morgan fingerprint density at radius 3 is 2.67 bits per heavy atom. The molecular formula is C24H31N3O3. The number of nitrogens with two attached hydrogens (primary N) is 1. The van der Waals surface area contributed by atoms with Gasteiger partial charge in [-0.2, -0.15) is 0 Å². The highest BCUT2D eigenvalue weighted by Gasteiger charge is 2.28. The third kappa shape index (κ3) is 5.60. The lowest BCUT2D eigenvalue weighted by molar-refractivity contribution is -0.122. The minimum Gasteiger partial charge on any atom is -0.483 e. The van der Waals surface area contributed by atoms with E-state index in [4.69, 9.17) is 10.5 Å². The number of benzene rings is 2. The minimum atomic E-state index is -0.273.